The molecule has 1 rings (SSSR count). The molecule has 1 saturated heterocycles. The topological polar surface area (TPSA) is 70.0 Å². The fourth-order valence-electron chi connectivity index (χ4n) is 1.50. The van der Waals surface area contributed by atoms with E-state index in [0.717, 1.165) is 0 Å². The SMILES string of the molecule is COC1CN(CCC(=O)O)CC1O. The van der Waals surface area contributed by atoms with Crippen LogP contribution in [0.15, 0.2) is 0 Å². The fourth-order valence-corrected chi connectivity index (χ4v) is 1.50. The van der Waals surface area contributed by atoms with E-state index >= 15 is 0 Å². The van der Waals surface area contributed by atoms with Crippen LogP contribution in [0, 0.1) is 0 Å². The van der Waals surface area contributed by atoms with Gasteiger partial charge in [-0.2, -0.15) is 0 Å². The van der Waals surface area contributed by atoms with Crippen LogP contribution in [0.5, 0.6) is 0 Å². The van der Waals surface area contributed by atoms with E-state index in [1.165, 1.54) is 0 Å². The van der Waals surface area contributed by atoms with Crippen LogP contribution in [0.2, 0.25) is 0 Å². The lowest BCUT2D eigenvalue weighted by molar-refractivity contribution is -0.137. The summed E-state index contributed by atoms with van der Waals surface area (Å²) in [5.74, 6) is -0.810. The molecule has 1 aliphatic heterocycles. The summed E-state index contributed by atoms with van der Waals surface area (Å²) in [5.41, 5.74) is 0. The molecule has 0 aliphatic carbocycles. The number of nitrogens with zero attached hydrogens (tertiary/aromatic N) is 1. The third-order valence-electron chi connectivity index (χ3n) is 2.26. The molecular formula is C8H15NO4. The summed E-state index contributed by atoms with van der Waals surface area (Å²) in [7, 11) is 1.55. The molecule has 1 aliphatic rings. The van der Waals surface area contributed by atoms with Gasteiger partial charge in [0.1, 0.15) is 0 Å². The van der Waals surface area contributed by atoms with Gasteiger partial charge in [-0.25, -0.2) is 0 Å². The number of carbonyl (C=O) groups is 1. The third-order valence-corrected chi connectivity index (χ3v) is 2.26. The van der Waals surface area contributed by atoms with E-state index in [1.807, 2.05) is 4.90 Å². The molecule has 0 saturated carbocycles. The summed E-state index contributed by atoms with van der Waals surface area (Å²) in [5, 5.41) is 17.9. The first-order chi connectivity index (χ1) is 6.13. The predicted molar refractivity (Wildman–Crippen MR) is 45.5 cm³/mol. The number of likely N-dealkylation sites (tertiary alicyclic amines) is 1. The van der Waals surface area contributed by atoms with E-state index in [0.29, 0.717) is 19.6 Å². The lowest BCUT2D eigenvalue weighted by atomic mass is 10.3. The molecule has 0 aromatic carbocycles. The Balaban J connectivity index is 2.27. The molecule has 2 unspecified atom stereocenters. The van der Waals surface area contributed by atoms with Gasteiger partial charge in [-0.1, -0.05) is 0 Å². The third kappa shape index (κ3) is 2.95. The normalized spacial score (nSPS) is 29.4. The van der Waals surface area contributed by atoms with Gasteiger partial charge in [0.25, 0.3) is 0 Å². The Bertz CT molecular complexity index is 185. The minimum absolute atomic E-state index is 0.114. The fraction of sp³-hybridized carbons (Fsp3) is 0.875. The van der Waals surface area contributed by atoms with Gasteiger partial charge < -0.3 is 14.9 Å². The summed E-state index contributed by atoms with van der Waals surface area (Å²) < 4.78 is 5.02. The van der Waals surface area contributed by atoms with E-state index in [4.69, 9.17) is 9.84 Å². The minimum Gasteiger partial charge on any atom is -0.481 e. The number of aliphatic hydroxyl groups is 1. The lowest BCUT2D eigenvalue weighted by Gasteiger charge is -2.12. The summed E-state index contributed by atoms with van der Waals surface area (Å²) in [4.78, 5) is 12.2. The Morgan fingerprint density at radius 1 is 1.62 bits per heavy atom. The van der Waals surface area contributed by atoms with Crippen LogP contribution in [0.1, 0.15) is 6.42 Å². The van der Waals surface area contributed by atoms with Crippen LogP contribution >= 0.6 is 0 Å². The van der Waals surface area contributed by atoms with Gasteiger partial charge >= 0.3 is 5.97 Å². The molecule has 0 bridgehead atoms. The maximum absolute atomic E-state index is 10.3. The van der Waals surface area contributed by atoms with Crippen molar-refractivity contribution in [1.29, 1.82) is 0 Å². The monoisotopic (exact) mass is 189 g/mol. The molecule has 1 heterocycles. The van der Waals surface area contributed by atoms with Crippen LogP contribution in [0.25, 0.3) is 0 Å². The molecule has 0 radical (unpaired) electrons. The van der Waals surface area contributed by atoms with Gasteiger partial charge in [0.2, 0.25) is 0 Å². The second-order valence-corrected chi connectivity index (χ2v) is 3.24. The van der Waals surface area contributed by atoms with Crippen LogP contribution in [-0.2, 0) is 9.53 Å². The summed E-state index contributed by atoms with van der Waals surface area (Å²) in [6.07, 6.45) is -0.545. The van der Waals surface area contributed by atoms with Crippen molar-refractivity contribution >= 4 is 5.97 Å². The Morgan fingerprint density at radius 2 is 2.31 bits per heavy atom. The molecule has 0 aromatic heterocycles. The smallest absolute Gasteiger partial charge is 0.304 e. The van der Waals surface area contributed by atoms with Crippen LogP contribution < -0.4 is 0 Å². The number of hydrogen-bond acceptors (Lipinski definition) is 4. The summed E-state index contributed by atoms with van der Waals surface area (Å²) in [6.45, 7) is 1.60. The van der Waals surface area contributed by atoms with Gasteiger partial charge in [-0.05, 0) is 0 Å². The molecule has 1 fully saturated rings. The number of aliphatic carboxylic acids is 1. The standard InChI is InChI=1S/C8H15NO4/c1-13-7-5-9(4-6(7)10)3-2-8(11)12/h6-7,10H,2-5H2,1H3,(H,11,12). The molecule has 2 N–H and O–H groups in total. The number of aliphatic hydroxyl groups excluding tert-OH is 1. The van der Waals surface area contributed by atoms with Crippen LogP contribution in [0.3, 0.4) is 0 Å². The number of ether oxygens (including phenoxy) is 1. The first-order valence-corrected chi connectivity index (χ1v) is 4.28. The second kappa shape index (κ2) is 4.55. The molecule has 0 amide bonds. The average Bonchev–Trinajstić information content (AvgIpc) is 2.43. The van der Waals surface area contributed by atoms with Gasteiger partial charge in [-0.3, -0.25) is 9.69 Å². The number of hydrogen-bond donors (Lipinski definition) is 2. The van der Waals surface area contributed by atoms with Crippen molar-refractivity contribution < 1.29 is 19.7 Å². The highest BCUT2D eigenvalue weighted by atomic mass is 16.5. The molecule has 0 aromatic rings. The van der Waals surface area contributed by atoms with Gasteiger partial charge in [0, 0.05) is 26.7 Å². The first kappa shape index (κ1) is 10.4. The number of β-amino-alcohol motifs (C(OH)–C–C–N with tert-alkyl or cyclic N) is 1. The van der Waals surface area contributed by atoms with E-state index in [2.05, 4.69) is 0 Å². The number of rotatable bonds is 4. The van der Waals surface area contributed by atoms with Crippen molar-refractivity contribution in [3.63, 3.8) is 0 Å². The van der Waals surface area contributed by atoms with Gasteiger partial charge in [-0.15, -0.1) is 0 Å². The van der Waals surface area contributed by atoms with E-state index in [1.54, 1.807) is 7.11 Å². The highest BCUT2D eigenvalue weighted by Gasteiger charge is 2.30. The zero-order valence-corrected chi connectivity index (χ0v) is 7.64. The molecular weight excluding hydrogens is 174 g/mol. The van der Waals surface area contributed by atoms with Crippen molar-refractivity contribution in [3.05, 3.63) is 0 Å². The van der Waals surface area contributed by atoms with Crippen molar-refractivity contribution in [3.8, 4) is 0 Å². The molecule has 13 heavy (non-hydrogen) atoms. The first-order valence-electron chi connectivity index (χ1n) is 4.28. The van der Waals surface area contributed by atoms with Crippen molar-refractivity contribution in [2.24, 2.45) is 0 Å². The molecule has 5 nitrogen and oxygen atoms in total. The van der Waals surface area contributed by atoms with E-state index < -0.39 is 12.1 Å². The number of carboxylic acid groups (broad SMARTS) is 1. The van der Waals surface area contributed by atoms with Gasteiger partial charge in [0.05, 0.1) is 18.6 Å². The highest BCUT2D eigenvalue weighted by Crippen LogP contribution is 2.12. The van der Waals surface area contributed by atoms with E-state index in [9.17, 15) is 9.90 Å². The van der Waals surface area contributed by atoms with Crippen molar-refractivity contribution in [2.45, 2.75) is 18.6 Å². The summed E-state index contributed by atoms with van der Waals surface area (Å²) in [6, 6.07) is 0. The zero-order chi connectivity index (χ0) is 9.84. The van der Waals surface area contributed by atoms with Crippen molar-refractivity contribution in [1.82, 2.24) is 4.90 Å². The maximum atomic E-state index is 10.3. The zero-order valence-electron chi connectivity index (χ0n) is 7.64. The molecule has 2 atom stereocenters. The highest BCUT2D eigenvalue weighted by molar-refractivity contribution is 5.66. The Kier molecular flexibility index (Phi) is 3.65. The number of methoxy groups -OCH3 is 1. The van der Waals surface area contributed by atoms with Crippen LogP contribution in [0.4, 0.5) is 0 Å². The molecule has 5 heteroatoms. The Hall–Kier alpha value is -0.650. The van der Waals surface area contributed by atoms with Crippen LogP contribution in [-0.4, -0.2) is 60.0 Å². The van der Waals surface area contributed by atoms with Gasteiger partial charge in [0.15, 0.2) is 0 Å². The Labute approximate surface area is 76.9 Å². The molecule has 76 valence electrons. The predicted octanol–water partition coefficient (Wildman–Crippen LogP) is -0.847. The Morgan fingerprint density at radius 3 is 2.77 bits per heavy atom. The maximum Gasteiger partial charge on any atom is 0.304 e. The molecule has 0 spiro atoms. The van der Waals surface area contributed by atoms with Crippen molar-refractivity contribution in [2.75, 3.05) is 26.7 Å². The quantitative estimate of drug-likeness (QED) is 0.603. The van der Waals surface area contributed by atoms with E-state index in [-0.39, 0.29) is 12.5 Å². The minimum atomic E-state index is -0.810. The second-order valence-electron chi connectivity index (χ2n) is 3.24. The average molecular weight is 189 g/mol. The largest absolute Gasteiger partial charge is 0.481 e. The number of carboxylic acids is 1. The lowest BCUT2D eigenvalue weighted by Crippen LogP contribution is -2.25. The summed E-state index contributed by atoms with van der Waals surface area (Å²) >= 11 is 0.